The van der Waals surface area contributed by atoms with Crippen molar-refractivity contribution in [2.24, 2.45) is 0 Å². The number of carbonyl (C=O) groups is 1. The average molecular weight is 616 g/mol. The number of halogens is 4. The Labute approximate surface area is 240 Å². The lowest BCUT2D eigenvalue weighted by atomic mass is 9.99. The van der Waals surface area contributed by atoms with Gasteiger partial charge in [0.15, 0.2) is 0 Å². The van der Waals surface area contributed by atoms with Crippen molar-refractivity contribution < 1.29 is 36.2 Å². The second-order valence-corrected chi connectivity index (χ2v) is 11.4. The van der Waals surface area contributed by atoms with Gasteiger partial charge in [0.2, 0.25) is 9.84 Å². The molecule has 0 unspecified atom stereocenters. The Bertz CT molecular complexity index is 2060. The first-order valence-corrected chi connectivity index (χ1v) is 13.9. The third-order valence-electron chi connectivity index (χ3n) is 6.59. The minimum Gasteiger partial charge on any atom is -0.491 e. The van der Waals surface area contributed by atoms with Crippen LogP contribution in [0.2, 0.25) is 5.02 Å². The lowest BCUT2D eigenvalue weighted by Crippen LogP contribution is -2.27. The summed E-state index contributed by atoms with van der Waals surface area (Å²) < 4.78 is 72.8. The number of nitrogens with zero attached hydrogens (tertiary/aromatic N) is 3. The highest BCUT2D eigenvalue weighted by atomic mass is 35.5. The van der Waals surface area contributed by atoms with Crippen LogP contribution in [0.3, 0.4) is 0 Å². The van der Waals surface area contributed by atoms with E-state index in [9.17, 15) is 41.5 Å². The molecule has 3 aromatic carbocycles. The number of aromatic nitrogens is 2. The first-order valence-electron chi connectivity index (χ1n) is 12.0. The van der Waals surface area contributed by atoms with E-state index in [1.165, 1.54) is 43.3 Å². The fraction of sp³-hybridized carbons (Fsp3) is 0.143. The molecule has 0 fully saturated rings. The van der Waals surface area contributed by atoms with Crippen LogP contribution in [-0.2, 0) is 27.4 Å². The highest BCUT2D eigenvalue weighted by molar-refractivity contribution is 7.95. The lowest BCUT2D eigenvalue weighted by molar-refractivity contribution is -0.137. The second-order valence-electron chi connectivity index (χ2n) is 9.20. The maximum Gasteiger partial charge on any atom is 0.416 e. The zero-order valence-electron chi connectivity index (χ0n) is 21.4. The van der Waals surface area contributed by atoms with Crippen molar-refractivity contribution in [1.29, 1.82) is 5.26 Å². The molecule has 4 aromatic rings. The van der Waals surface area contributed by atoms with Crippen molar-refractivity contribution >= 4 is 43.9 Å². The van der Waals surface area contributed by atoms with Crippen molar-refractivity contribution in [1.82, 2.24) is 9.55 Å². The van der Waals surface area contributed by atoms with Crippen LogP contribution >= 0.6 is 11.6 Å². The van der Waals surface area contributed by atoms with Gasteiger partial charge >= 0.3 is 12.1 Å². The number of rotatable bonds is 6. The second kappa shape index (κ2) is 10.3. The Kier molecular flexibility index (Phi) is 7.08. The van der Waals surface area contributed by atoms with Gasteiger partial charge in [-0.1, -0.05) is 29.8 Å². The predicted molar refractivity (Wildman–Crippen MR) is 146 cm³/mol. The highest BCUT2D eigenvalue weighted by Gasteiger charge is 2.34. The number of nitriles is 1. The number of hydrogen-bond acceptors (Lipinski definition) is 7. The van der Waals surface area contributed by atoms with E-state index in [2.05, 4.69) is 4.98 Å². The molecular weight excluding hydrogens is 599 g/mol. The number of hydrogen-bond donors (Lipinski definition) is 1. The summed E-state index contributed by atoms with van der Waals surface area (Å²) in [6, 6.07) is 11.7. The maximum atomic E-state index is 13.3. The molecule has 0 aliphatic carbocycles. The normalized spacial score (nSPS) is 13.9. The van der Waals surface area contributed by atoms with Gasteiger partial charge in [0.1, 0.15) is 24.3 Å². The number of carboxylic acid groups (broad SMARTS) is 1. The van der Waals surface area contributed by atoms with Crippen molar-refractivity contribution in [3.05, 3.63) is 91.8 Å². The molecule has 214 valence electrons. The monoisotopic (exact) mass is 615 g/mol. The van der Waals surface area contributed by atoms with Crippen LogP contribution < -0.4 is 10.3 Å². The Morgan fingerprint density at radius 3 is 2.52 bits per heavy atom. The highest BCUT2D eigenvalue weighted by Crippen LogP contribution is 2.43. The summed E-state index contributed by atoms with van der Waals surface area (Å²) in [7, 11) is -4.11. The number of aliphatic carboxylic acids is 1. The lowest BCUT2D eigenvalue weighted by Gasteiger charge is -2.17. The molecule has 0 bridgehead atoms. The molecular formula is C28H17ClF3N3O6S. The Morgan fingerprint density at radius 1 is 1.14 bits per heavy atom. The third-order valence-corrected chi connectivity index (χ3v) is 8.38. The van der Waals surface area contributed by atoms with Crippen LogP contribution in [0.4, 0.5) is 13.2 Å². The molecule has 42 heavy (non-hydrogen) atoms. The standard InChI is InChI=1S/C28H17ClF3N3O6S/c1-14-34-22-10-16(28(30,31)32)9-15(12-33)24(22)26(36)35(14)7-8-41-23-6-5-17(29)11-20(23)18-3-2-4-19-21(27(37)38)13-42(39,40)25(18)19/h2-6,9-11,13H,7-8H2,1H3,(H,37,38). The number of aryl methyl sites for hydroxylation is 1. The molecule has 1 aliphatic rings. The number of fused-ring (bicyclic) bond motifs is 2. The maximum absolute atomic E-state index is 13.3. The summed E-state index contributed by atoms with van der Waals surface area (Å²) in [5, 5.41) is 19.6. The van der Waals surface area contributed by atoms with Crippen molar-refractivity contribution in [2.75, 3.05) is 6.61 Å². The molecule has 1 aromatic heterocycles. The van der Waals surface area contributed by atoms with Gasteiger partial charge in [0.25, 0.3) is 5.56 Å². The van der Waals surface area contributed by atoms with Crippen molar-refractivity contribution in [2.45, 2.75) is 24.5 Å². The van der Waals surface area contributed by atoms with E-state index in [1.807, 2.05) is 0 Å². The molecule has 1 N–H and O–H groups in total. The van der Waals surface area contributed by atoms with Crippen LogP contribution in [0, 0.1) is 18.3 Å². The summed E-state index contributed by atoms with van der Waals surface area (Å²) in [4.78, 5) is 28.8. The third kappa shape index (κ3) is 4.99. The molecule has 0 spiro atoms. The molecule has 0 saturated carbocycles. The largest absolute Gasteiger partial charge is 0.491 e. The average Bonchev–Trinajstić information content (AvgIpc) is 3.21. The van der Waals surface area contributed by atoms with Gasteiger partial charge in [-0.3, -0.25) is 9.36 Å². The summed E-state index contributed by atoms with van der Waals surface area (Å²) in [5.74, 6) is -1.16. The van der Waals surface area contributed by atoms with Crippen LogP contribution in [0.5, 0.6) is 5.75 Å². The quantitative estimate of drug-likeness (QED) is 0.312. The number of carboxylic acids is 1. The molecule has 5 rings (SSSR count). The summed E-state index contributed by atoms with van der Waals surface area (Å²) in [6.45, 7) is 1.12. The molecule has 9 nitrogen and oxygen atoms in total. The van der Waals surface area contributed by atoms with Crippen LogP contribution in [0.1, 0.15) is 22.5 Å². The van der Waals surface area contributed by atoms with E-state index in [1.54, 1.807) is 6.07 Å². The van der Waals surface area contributed by atoms with Gasteiger partial charge in [0.05, 0.1) is 44.5 Å². The predicted octanol–water partition coefficient (Wildman–Crippen LogP) is 5.21. The van der Waals surface area contributed by atoms with E-state index < -0.39 is 38.7 Å². The summed E-state index contributed by atoms with van der Waals surface area (Å²) in [6.07, 6.45) is -4.74. The van der Waals surface area contributed by atoms with Gasteiger partial charge in [-0.15, -0.1) is 0 Å². The molecule has 0 saturated heterocycles. The number of alkyl halides is 3. The minimum absolute atomic E-state index is 0.0114. The molecule has 0 radical (unpaired) electrons. The number of ether oxygens (including phenoxy) is 1. The minimum atomic E-state index is -4.74. The summed E-state index contributed by atoms with van der Waals surface area (Å²) >= 11 is 6.20. The van der Waals surface area contributed by atoms with E-state index in [-0.39, 0.29) is 67.8 Å². The Hall–Kier alpha value is -4.67. The van der Waals surface area contributed by atoms with Gasteiger partial charge < -0.3 is 9.84 Å². The SMILES string of the molecule is Cc1nc2cc(C(F)(F)F)cc(C#N)c2c(=O)n1CCOc1ccc(Cl)cc1-c1cccc2c1S(=O)(=O)C=C2C(=O)O. The van der Waals surface area contributed by atoms with E-state index in [0.717, 1.165) is 4.57 Å². The fourth-order valence-electron chi connectivity index (χ4n) is 4.77. The zero-order valence-corrected chi connectivity index (χ0v) is 22.9. The van der Waals surface area contributed by atoms with E-state index >= 15 is 0 Å². The molecule has 1 aliphatic heterocycles. The van der Waals surface area contributed by atoms with Crippen molar-refractivity contribution in [3.63, 3.8) is 0 Å². The van der Waals surface area contributed by atoms with Crippen LogP contribution in [-0.4, -0.2) is 35.7 Å². The smallest absolute Gasteiger partial charge is 0.416 e. The topological polar surface area (TPSA) is 139 Å². The van der Waals surface area contributed by atoms with Crippen LogP contribution in [0.15, 0.2) is 63.6 Å². The number of sulfone groups is 1. The van der Waals surface area contributed by atoms with Crippen LogP contribution in [0.25, 0.3) is 27.6 Å². The van der Waals surface area contributed by atoms with Gasteiger partial charge in [0, 0.05) is 21.7 Å². The van der Waals surface area contributed by atoms with Gasteiger partial charge in [-0.05, 0) is 37.3 Å². The number of benzene rings is 3. The fourth-order valence-corrected chi connectivity index (χ4v) is 6.56. The van der Waals surface area contributed by atoms with E-state index in [0.29, 0.717) is 17.5 Å². The molecule has 2 heterocycles. The van der Waals surface area contributed by atoms with Gasteiger partial charge in [-0.25, -0.2) is 18.2 Å². The first-order chi connectivity index (χ1) is 19.7. The molecule has 0 atom stereocenters. The first kappa shape index (κ1) is 28.8. The van der Waals surface area contributed by atoms with E-state index in [4.69, 9.17) is 16.3 Å². The molecule has 14 heteroatoms. The molecule has 0 amide bonds. The Balaban J connectivity index is 1.51. The van der Waals surface area contributed by atoms with Crippen molar-refractivity contribution in [3.8, 4) is 22.9 Å². The Morgan fingerprint density at radius 2 is 1.86 bits per heavy atom. The van der Waals surface area contributed by atoms with Gasteiger partial charge in [-0.2, -0.15) is 18.4 Å². The summed E-state index contributed by atoms with van der Waals surface area (Å²) in [5.41, 5.74) is -2.55. The zero-order chi connectivity index (χ0) is 30.6.